The summed E-state index contributed by atoms with van der Waals surface area (Å²) < 4.78 is 17.8. The van der Waals surface area contributed by atoms with E-state index < -0.39 is 12.0 Å². The molecule has 2 amide bonds. The summed E-state index contributed by atoms with van der Waals surface area (Å²) in [6.45, 7) is 1.67. The van der Waals surface area contributed by atoms with Gasteiger partial charge in [0.15, 0.2) is 0 Å². The van der Waals surface area contributed by atoms with Crippen molar-refractivity contribution in [2.75, 3.05) is 14.2 Å². The lowest BCUT2D eigenvalue weighted by Crippen LogP contribution is -2.46. The number of carbonyl (C=O) groups is 2. The standard InChI is InChI=1S/C14H15FN2O3/c1-8-11(13(18)20-3)12(16-14(19)17(8)2)9-4-6-10(15)7-5-9/h4-7,12H,1-3H3,(H,16,19). The molecule has 0 saturated carbocycles. The molecule has 1 aliphatic rings. The van der Waals surface area contributed by atoms with Crippen LogP contribution >= 0.6 is 0 Å². The second-order valence-electron chi connectivity index (χ2n) is 4.48. The maximum absolute atomic E-state index is 13.0. The van der Waals surface area contributed by atoms with Gasteiger partial charge in [-0.2, -0.15) is 0 Å². The summed E-state index contributed by atoms with van der Waals surface area (Å²) in [7, 11) is 2.84. The van der Waals surface area contributed by atoms with E-state index in [1.807, 2.05) is 0 Å². The molecule has 2 rings (SSSR count). The number of esters is 1. The van der Waals surface area contributed by atoms with Crippen LogP contribution in [0.25, 0.3) is 0 Å². The summed E-state index contributed by atoms with van der Waals surface area (Å²) in [5.74, 6) is -0.906. The molecule has 0 aliphatic carbocycles. The predicted octanol–water partition coefficient (Wildman–Crippen LogP) is 1.97. The Labute approximate surface area is 116 Å². The summed E-state index contributed by atoms with van der Waals surface area (Å²) in [6, 6.07) is 4.65. The number of allylic oxidation sites excluding steroid dienone is 1. The maximum atomic E-state index is 13.0. The minimum atomic E-state index is -0.647. The van der Waals surface area contributed by atoms with Crippen molar-refractivity contribution in [2.24, 2.45) is 0 Å². The topological polar surface area (TPSA) is 58.6 Å². The van der Waals surface area contributed by atoms with E-state index in [4.69, 9.17) is 4.74 Å². The normalized spacial score (nSPS) is 18.9. The highest BCUT2D eigenvalue weighted by Gasteiger charge is 2.34. The summed E-state index contributed by atoms with van der Waals surface area (Å²) in [5.41, 5.74) is 1.46. The number of hydrogen-bond acceptors (Lipinski definition) is 3. The maximum Gasteiger partial charge on any atom is 0.337 e. The quantitative estimate of drug-likeness (QED) is 0.841. The van der Waals surface area contributed by atoms with Crippen molar-refractivity contribution in [1.82, 2.24) is 10.2 Å². The van der Waals surface area contributed by atoms with Gasteiger partial charge in [-0.05, 0) is 24.6 Å². The summed E-state index contributed by atoms with van der Waals surface area (Å²) in [5, 5.41) is 2.70. The number of hydrogen-bond donors (Lipinski definition) is 1. The van der Waals surface area contributed by atoms with Gasteiger partial charge in [-0.15, -0.1) is 0 Å². The first kappa shape index (κ1) is 14.0. The fourth-order valence-corrected chi connectivity index (χ4v) is 2.12. The molecule has 0 aromatic heterocycles. The van der Waals surface area contributed by atoms with Gasteiger partial charge in [0.2, 0.25) is 0 Å². The average Bonchev–Trinajstić information content (AvgIpc) is 2.44. The highest BCUT2D eigenvalue weighted by molar-refractivity contribution is 5.94. The van der Waals surface area contributed by atoms with Crippen LogP contribution in [0.3, 0.4) is 0 Å². The fraction of sp³-hybridized carbons (Fsp3) is 0.286. The van der Waals surface area contributed by atoms with E-state index in [9.17, 15) is 14.0 Å². The summed E-state index contributed by atoms with van der Waals surface area (Å²) >= 11 is 0. The Bertz CT molecular complexity index is 581. The number of halogens is 1. The van der Waals surface area contributed by atoms with Crippen molar-refractivity contribution in [3.05, 3.63) is 46.9 Å². The predicted molar refractivity (Wildman–Crippen MR) is 70.2 cm³/mol. The van der Waals surface area contributed by atoms with Gasteiger partial charge < -0.3 is 15.0 Å². The van der Waals surface area contributed by atoms with E-state index in [1.54, 1.807) is 14.0 Å². The number of amides is 2. The molecule has 1 aromatic carbocycles. The molecule has 0 saturated heterocycles. The average molecular weight is 278 g/mol. The van der Waals surface area contributed by atoms with Gasteiger partial charge in [0.1, 0.15) is 5.82 Å². The highest BCUT2D eigenvalue weighted by atomic mass is 19.1. The molecule has 0 radical (unpaired) electrons. The Morgan fingerprint density at radius 2 is 1.95 bits per heavy atom. The molecule has 106 valence electrons. The molecule has 1 aromatic rings. The lowest BCUT2D eigenvalue weighted by molar-refractivity contribution is -0.136. The SMILES string of the molecule is COC(=O)C1=C(C)N(C)C(=O)NC1c1ccc(F)cc1. The molecule has 0 spiro atoms. The zero-order valence-electron chi connectivity index (χ0n) is 11.4. The van der Waals surface area contributed by atoms with Crippen LogP contribution < -0.4 is 5.32 Å². The number of ether oxygens (including phenoxy) is 1. The van der Waals surface area contributed by atoms with Gasteiger partial charge in [-0.3, -0.25) is 0 Å². The minimum Gasteiger partial charge on any atom is -0.466 e. The molecule has 1 unspecified atom stereocenters. The van der Waals surface area contributed by atoms with Crippen LogP contribution in [0.15, 0.2) is 35.5 Å². The second-order valence-corrected chi connectivity index (χ2v) is 4.48. The van der Waals surface area contributed by atoms with Crippen LogP contribution in [0.5, 0.6) is 0 Å². The van der Waals surface area contributed by atoms with Crippen LogP contribution in [0.1, 0.15) is 18.5 Å². The number of urea groups is 1. The van der Waals surface area contributed by atoms with Gasteiger partial charge in [0.25, 0.3) is 0 Å². The minimum absolute atomic E-state index is 0.329. The van der Waals surface area contributed by atoms with Crippen molar-refractivity contribution >= 4 is 12.0 Å². The first-order valence-corrected chi connectivity index (χ1v) is 6.04. The third-order valence-corrected chi connectivity index (χ3v) is 3.36. The number of carbonyl (C=O) groups excluding carboxylic acids is 2. The zero-order valence-corrected chi connectivity index (χ0v) is 11.4. The Kier molecular flexibility index (Phi) is 3.74. The van der Waals surface area contributed by atoms with Crippen molar-refractivity contribution < 1.29 is 18.7 Å². The molecular weight excluding hydrogens is 263 g/mol. The van der Waals surface area contributed by atoms with E-state index in [2.05, 4.69) is 5.32 Å². The van der Waals surface area contributed by atoms with Crippen LogP contribution in [-0.2, 0) is 9.53 Å². The lowest BCUT2D eigenvalue weighted by Gasteiger charge is -2.33. The van der Waals surface area contributed by atoms with E-state index in [0.29, 0.717) is 16.8 Å². The Hall–Kier alpha value is -2.37. The number of nitrogens with one attached hydrogen (secondary N) is 1. The molecule has 5 nitrogen and oxygen atoms in total. The fourth-order valence-electron chi connectivity index (χ4n) is 2.12. The van der Waals surface area contributed by atoms with Crippen molar-refractivity contribution in [1.29, 1.82) is 0 Å². The van der Waals surface area contributed by atoms with Crippen molar-refractivity contribution in [3.63, 3.8) is 0 Å². The molecule has 0 bridgehead atoms. The van der Waals surface area contributed by atoms with Crippen LogP contribution in [0, 0.1) is 5.82 Å². The van der Waals surface area contributed by atoms with Crippen LogP contribution in [0.2, 0.25) is 0 Å². The summed E-state index contributed by atoms with van der Waals surface area (Å²) in [6.07, 6.45) is 0. The number of benzene rings is 1. The van der Waals surface area contributed by atoms with Crippen LogP contribution in [-0.4, -0.2) is 31.1 Å². The molecule has 1 aliphatic heterocycles. The Morgan fingerprint density at radius 1 is 1.35 bits per heavy atom. The zero-order chi connectivity index (χ0) is 14.9. The first-order chi connectivity index (χ1) is 9.45. The molecular formula is C14H15FN2O3. The van der Waals surface area contributed by atoms with Crippen molar-refractivity contribution in [2.45, 2.75) is 13.0 Å². The highest BCUT2D eigenvalue weighted by Crippen LogP contribution is 2.30. The monoisotopic (exact) mass is 278 g/mol. The van der Waals surface area contributed by atoms with E-state index in [1.165, 1.54) is 36.3 Å². The Balaban J connectivity index is 2.51. The van der Waals surface area contributed by atoms with Gasteiger partial charge in [0.05, 0.1) is 18.7 Å². The van der Waals surface area contributed by atoms with Crippen molar-refractivity contribution in [3.8, 4) is 0 Å². The third kappa shape index (κ3) is 2.36. The summed E-state index contributed by atoms with van der Waals surface area (Å²) in [4.78, 5) is 25.2. The second kappa shape index (κ2) is 5.32. The van der Waals surface area contributed by atoms with E-state index in [0.717, 1.165) is 0 Å². The first-order valence-electron chi connectivity index (χ1n) is 6.04. The third-order valence-electron chi connectivity index (χ3n) is 3.36. The van der Waals surface area contributed by atoms with E-state index in [-0.39, 0.29) is 11.8 Å². The van der Waals surface area contributed by atoms with E-state index >= 15 is 0 Å². The van der Waals surface area contributed by atoms with Gasteiger partial charge in [-0.25, -0.2) is 14.0 Å². The Morgan fingerprint density at radius 3 is 2.50 bits per heavy atom. The molecule has 1 N–H and O–H groups in total. The number of rotatable bonds is 2. The number of nitrogens with zero attached hydrogens (tertiary/aromatic N) is 1. The smallest absolute Gasteiger partial charge is 0.337 e. The molecule has 1 atom stereocenters. The molecule has 0 fully saturated rings. The lowest BCUT2D eigenvalue weighted by atomic mass is 9.95. The van der Waals surface area contributed by atoms with Gasteiger partial charge in [-0.1, -0.05) is 12.1 Å². The largest absolute Gasteiger partial charge is 0.466 e. The molecule has 1 heterocycles. The van der Waals surface area contributed by atoms with Crippen LogP contribution in [0.4, 0.5) is 9.18 Å². The van der Waals surface area contributed by atoms with Gasteiger partial charge in [0, 0.05) is 12.7 Å². The molecule has 20 heavy (non-hydrogen) atoms. The number of methoxy groups -OCH3 is 1. The molecule has 6 heteroatoms. The van der Waals surface area contributed by atoms with Gasteiger partial charge >= 0.3 is 12.0 Å².